The fourth-order valence-electron chi connectivity index (χ4n) is 2.41. The number of nitrogens with one attached hydrogen (secondary N) is 1. The van der Waals surface area contributed by atoms with Gasteiger partial charge in [-0.2, -0.15) is 0 Å². The Morgan fingerprint density at radius 3 is 2.64 bits per heavy atom. The van der Waals surface area contributed by atoms with E-state index in [9.17, 15) is 13.2 Å². The average molecular weight is 456 g/mol. The Morgan fingerprint density at radius 1 is 1.21 bits per heavy atom. The fourth-order valence-corrected chi connectivity index (χ4v) is 5.68. The number of hydrogen-bond acceptors (Lipinski definition) is 6. The third-order valence-electron chi connectivity index (χ3n) is 3.93. The molecule has 10 heteroatoms. The molecule has 3 aromatic rings. The Balaban J connectivity index is 1.49. The number of nitrogens with zero attached hydrogens (tertiary/aromatic N) is 2. The summed E-state index contributed by atoms with van der Waals surface area (Å²) in [4.78, 5) is 16.5. The molecule has 2 aromatic heterocycles. The highest BCUT2D eigenvalue weighted by atomic mass is 35.5. The third kappa shape index (κ3) is 5.18. The molecule has 28 heavy (non-hydrogen) atoms. The van der Waals surface area contributed by atoms with Crippen LogP contribution in [0, 0.1) is 0 Å². The molecule has 6 nitrogen and oxygen atoms in total. The van der Waals surface area contributed by atoms with E-state index < -0.39 is 10.0 Å². The maximum absolute atomic E-state index is 12.3. The van der Waals surface area contributed by atoms with Crippen molar-refractivity contribution in [3.8, 4) is 11.3 Å². The van der Waals surface area contributed by atoms with E-state index in [0.717, 1.165) is 11.3 Å². The normalized spacial score (nSPS) is 11.7. The number of thiophene rings is 1. The molecule has 0 spiro atoms. The average Bonchev–Trinajstić information content (AvgIpc) is 3.34. The number of hydrogen-bond donors (Lipinski definition) is 1. The maximum atomic E-state index is 12.3. The molecule has 0 aliphatic carbocycles. The molecular weight excluding hydrogens is 438 g/mol. The van der Waals surface area contributed by atoms with Crippen LogP contribution in [0.1, 0.15) is 12.8 Å². The molecular formula is C18H18ClN3O3S3. The van der Waals surface area contributed by atoms with E-state index in [4.69, 9.17) is 11.6 Å². The van der Waals surface area contributed by atoms with Crippen molar-refractivity contribution in [1.29, 1.82) is 0 Å². The molecule has 0 saturated carbocycles. The van der Waals surface area contributed by atoms with Crippen molar-refractivity contribution in [3.05, 3.63) is 52.2 Å². The number of rotatable bonds is 8. The Morgan fingerprint density at radius 2 is 1.96 bits per heavy atom. The summed E-state index contributed by atoms with van der Waals surface area (Å²) in [6, 6.07) is 10.6. The smallest absolute Gasteiger partial charge is 0.252 e. The first-order valence-electron chi connectivity index (χ1n) is 8.37. The number of sulfonamides is 1. The molecule has 0 aliphatic heterocycles. The lowest BCUT2D eigenvalue weighted by molar-refractivity contribution is -0.116. The van der Waals surface area contributed by atoms with Gasteiger partial charge in [0.1, 0.15) is 4.21 Å². The summed E-state index contributed by atoms with van der Waals surface area (Å²) in [5.74, 6) is -0.195. The van der Waals surface area contributed by atoms with Gasteiger partial charge in [-0.25, -0.2) is 17.7 Å². The fraction of sp³-hybridized carbons (Fsp3) is 0.222. The number of amides is 1. The van der Waals surface area contributed by atoms with Gasteiger partial charge in [0.15, 0.2) is 5.13 Å². The Hall–Kier alpha value is -1.78. The molecule has 0 atom stereocenters. The molecule has 1 N–H and O–H groups in total. The quantitative estimate of drug-likeness (QED) is 0.539. The zero-order valence-electron chi connectivity index (χ0n) is 15.0. The van der Waals surface area contributed by atoms with Crippen molar-refractivity contribution >= 4 is 55.3 Å². The molecule has 3 rings (SSSR count). The van der Waals surface area contributed by atoms with Crippen LogP contribution in [0.3, 0.4) is 0 Å². The summed E-state index contributed by atoms with van der Waals surface area (Å²) in [6.07, 6.45) is 0.627. The molecule has 0 unspecified atom stereocenters. The standard InChI is InChI=1S/C18H18ClN3O3S3/c1-22(28(24,25)17-5-3-11-26-17)10-2-4-16(23)21-18-20-15(12-27-18)13-6-8-14(19)9-7-13/h3,5-9,11-12H,2,4,10H2,1H3,(H,20,21,23). The van der Waals surface area contributed by atoms with E-state index in [1.165, 1.54) is 34.0 Å². The molecule has 0 fully saturated rings. The van der Waals surface area contributed by atoms with Crippen molar-refractivity contribution in [2.24, 2.45) is 0 Å². The highest BCUT2D eigenvalue weighted by molar-refractivity contribution is 7.91. The van der Waals surface area contributed by atoms with Gasteiger partial charge < -0.3 is 5.32 Å². The van der Waals surface area contributed by atoms with Crippen LogP contribution in [0.5, 0.6) is 0 Å². The van der Waals surface area contributed by atoms with E-state index in [0.29, 0.717) is 20.8 Å². The Bertz CT molecular complexity index is 1030. The molecule has 0 saturated heterocycles. The molecule has 2 heterocycles. The van der Waals surface area contributed by atoms with Gasteiger partial charge in [0.2, 0.25) is 5.91 Å². The van der Waals surface area contributed by atoms with Gasteiger partial charge in [-0.15, -0.1) is 22.7 Å². The van der Waals surface area contributed by atoms with Gasteiger partial charge in [-0.1, -0.05) is 29.8 Å². The zero-order valence-corrected chi connectivity index (χ0v) is 18.2. The minimum Gasteiger partial charge on any atom is -0.302 e. The van der Waals surface area contributed by atoms with E-state index in [-0.39, 0.29) is 18.9 Å². The Kier molecular flexibility index (Phi) is 6.84. The summed E-state index contributed by atoms with van der Waals surface area (Å²) < 4.78 is 26.3. The van der Waals surface area contributed by atoms with E-state index in [1.807, 2.05) is 17.5 Å². The van der Waals surface area contributed by atoms with Crippen molar-refractivity contribution in [2.75, 3.05) is 18.9 Å². The van der Waals surface area contributed by atoms with Gasteiger partial charge in [0.05, 0.1) is 5.69 Å². The minimum absolute atomic E-state index is 0.195. The van der Waals surface area contributed by atoms with Crippen LogP contribution in [-0.2, 0) is 14.8 Å². The number of anilines is 1. The van der Waals surface area contributed by atoms with Crippen LogP contribution < -0.4 is 5.32 Å². The number of carbonyl (C=O) groups excluding carboxylic acids is 1. The first-order valence-corrected chi connectivity index (χ1v) is 11.9. The summed E-state index contributed by atoms with van der Waals surface area (Å²) in [6.45, 7) is 0.265. The zero-order chi connectivity index (χ0) is 20.1. The second kappa shape index (κ2) is 9.15. The van der Waals surface area contributed by atoms with Crippen LogP contribution in [0.25, 0.3) is 11.3 Å². The topological polar surface area (TPSA) is 79.4 Å². The van der Waals surface area contributed by atoms with Gasteiger partial charge >= 0.3 is 0 Å². The van der Waals surface area contributed by atoms with Crippen LogP contribution in [0.4, 0.5) is 5.13 Å². The molecule has 0 aliphatic rings. The van der Waals surface area contributed by atoms with Crippen molar-refractivity contribution in [2.45, 2.75) is 17.1 Å². The van der Waals surface area contributed by atoms with E-state index in [1.54, 1.807) is 29.6 Å². The molecule has 1 aromatic carbocycles. The van der Waals surface area contributed by atoms with Gasteiger partial charge in [0, 0.05) is 36.0 Å². The summed E-state index contributed by atoms with van der Waals surface area (Å²) in [7, 11) is -1.96. The summed E-state index contributed by atoms with van der Waals surface area (Å²) in [5, 5.41) is 7.50. The van der Waals surface area contributed by atoms with E-state index >= 15 is 0 Å². The van der Waals surface area contributed by atoms with Crippen molar-refractivity contribution in [1.82, 2.24) is 9.29 Å². The predicted molar refractivity (Wildman–Crippen MR) is 115 cm³/mol. The second-order valence-corrected chi connectivity index (χ2v) is 10.5. The lowest BCUT2D eigenvalue weighted by atomic mass is 10.2. The first-order chi connectivity index (χ1) is 13.4. The van der Waals surface area contributed by atoms with Gasteiger partial charge in [0.25, 0.3) is 10.0 Å². The lowest BCUT2D eigenvalue weighted by Crippen LogP contribution is -2.28. The van der Waals surface area contributed by atoms with Crippen LogP contribution in [0.2, 0.25) is 5.02 Å². The number of carbonyl (C=O) groups is 1. The number of benzene rings is 1. The summed E-state index contributed by atoms with van der Waals surface area (Å²) in [5.41, 5.74) is 1.68. The number of halogens is 1. The predicted octanol–water partition coefficient (Wildman–Crippen LogP) is 4.56. The van der Waals surface area contributed by atoms with Crippen LogP contribution in [-0.4, -0.2) is 37.2 Å². The van der Waals surface area contributed by atoms with E-state index in [2.05, 4.69) is 10.3 Å². The van der Waals surface area contributed by atoms with Crippen molar-refractivity contribution in [3.63, 3.8) is 0 Å². The lowest BCUT2D eigenvalue weighted by Gasteiger charge is -2.15. The number of thiazole rings is 1. The number of aromatic nitrogens is 1. The van der Waals surface area contributed by atoms with Gasteiger partial charge in [-0.3, -0.25) is 4.79 Å². The molecule has 148 valence electrons. The largest absolute Gasteiger partial charge is 0.302 e. The molecule has 0 bridgehead atoms. The van der Waals surface area contributed by atoms with Gasteiger partial charge in [-0.05, 0) is 30.0 Å². The first kappa shape index (κ1) is 20.9. The molecule has 1 amide bonds. The van der Waals surface area contributed by atoms with Crippen LogP contribution in [0.15, 0.2) is 51.4 Å². The SMILES string of the molecule is CN(CCCC(=O)Nc1nc(-c2ccc(Cl)cc2)cs1)S(=O)(=O)c1cccs1. The molecule has 0 radical (unpaired) electrons. The second-order valence-electron chi connectivity index (χ2n) is 5.96. The highest BCUT2D eigenvalue weighted by Crippen LogP contribution is 2.26. The maximum Gasteiger partial charge on any atom is 0.252 e. The summed E-state index contributed by atoms with van der Waals surface area (Å²) >= 11 is 8.40. The van der Waals surface area contributed by atoms with Crippen molar-refractivity contribution < 1.29 is 13.2 Å². The monoisotopic (exact) mass is 455 g/mol. The van der Waals surface area contributed by atoms with Crippen LogP contribution >= 0.6 is 34.3 Å². The highest BCUT2D eigenvalue weighted by Gasteiger charge is 2.21. The minimum atomic E-state index is -3.48. The third-order valence-corrected chi connectivity index (χ3v) is 8.17. The Labute approximate surface area is 176 Å².